The molecule has 2 fully saturated rings. The molecule has 0 atom stereocenters. The van der Waals surface area contributed by atoms with E-state index in [-0.39, 0.29) is 5.91 Å². The highest BCUT2D eigenvalue weighted by Crippen LogP contribution is 2.31. The van der Waals surface area contributed by atoms with Gasteiger partial charge in [-0.1, -0.05) is 23.2 Å². The Balaban J connectivity index is 1.74. The number of nitrogens with one attached hydrogen (secondary N) is 1. The molecule has 1 aromatic rings. The van der Waals surface area contributed by atoms with E-state index < -0.39 is 0 Å². The lowest BCUT2D eigenvalue weighted by molar-refractivity contribution is 0.0701. The standard InChI is InChI=1S/C16H20Cl2N2O/c17-13-7-12(8-14(18)9-13)16(21)20(15-1-2-15)10-11-3-5-19-6-4-11/h7-9,11,15,19H,1-6,10H2. The Bertz CT molecular complexity index is 505. The van der Waals surface area contributed by atoms with Gasteiger partial charge in [0, 0.05) is 28.2 Å². The van der Waals surface area contributed by atoms with Crippen molar-refractivity contribution in [3.8, 4) is 0 Å². The summed E-state index contributed by atoms with van der Waals surface area (Å²) in [6.45, 7) is 2.97. The van der Waals surface area contributed by atoms with Crippen LogP contribution in [0.1, 0.15) is 36.0 Å². The van der Waals surface area contributed by atoms with Crippen LogP contribution in [0.3, 0.4) is 0 Å². The average molecular weight is 327 g/mol. The minimum absolute atomic E-state index is 0.0698. The molecule has 0 aromatic heterocycles. The zero-order valence-corrected chi connectivity index (χ0v) is 13.5. The second-order valence-electron chi connectivity index (χ2n) is 6.04. The topological polar surface area (TPSA) is 32.3 Å². The van der Waals surface area contributed by atoms with Crippen LogP contribution in [-0.2, 0) is 0 Å². The van der Waals surface area contributed by atoms with Crippen LogP contribution in [0.2, 0.25) is 10.0 Å². The van der Waals surface area contributed by atoms with Gasteiger partial charge in [-0.15, -0.1) is 0 Å². The molecule has 3 nitrogen and oxygen atoms in total. The van der Waals surface area contributed by atoms with E-state index in [1.54, 1.807) is 18.2 Å². The summed E-state index contributed by atoms with van der Waals surface area (Å²) in [5.41, 5.74) is 0.605. The van der Waals surface area contributed by atoms with E-state index in [1.807, 2.05) is 4.90 Å². The van der Waals surface area contributed by atoms with E-state index in [0.717, 1.165) is 45.3 Å². The SMILES string of the molecule is O=C(c1cc(Cl)cc(Cl)c1)N(CC1CCNCC1)C1CC1. The Labute approximate surface area is 135 Å². The minimum Gasteiger partial charge on any atom is -0.335 e. The number of hydrogen-bond donors (Lipinski definition) is 1. The molecule has 1 saturated heterocycles. The van der Waals surface area contributed by atoms with Gasteiger partial charge in [0.05, 0.1) is 0 Å². The van der Waals surface area contributed by atoms with Crippen molar-refractivity contribution < 1.29 is 4.79 Å². The van der Waals surface area contributed by atoms with Crippen molar-refractivity contribution in [2.45, 2.75) is 31.7 Å². The number of piperidine rings is 1. The molecule has 0 unspecified atom stereocenters. The van der Waals surface area contributed by atoms with Crippen molar-refractivity contribution in [2.24, 2.45) is 5.92 Å². The number of amides is 1. The van der Waals surface area contributed by atoms with Crippen LogP contribution in [-0.4, -0.2) is 36.5 Å². The lowest BCUT2D eigenvalue weighted by atomic mass is 9.97. The first kappa shape index (κ1) is 15.1. The van der Waals surface area contributed by atoms with Crippen molar-refractivity contribution in [1.82, 2.24) is 10.2 Å². The van der Waals surface area contributed by atoms with Crippen LogP contribution in [0.5, 0.6) is 0 Å². The van der Waals surface area contributed by atoms with Gasteiger partial charge >= 0.3 is 0 Å². The number of halogens is 2. The van der Waals surface area contributed by atoms with Crippen LogP contribution in [0.4, 0.5) is 0 Å². The van der Waals surface area contributed by atoms with Crippen LogP contribution in [0.15, 0.2) is 18.2 Å². The first-order chi connectivity index (χ1) is 10.1. The van der Waals surface area contributed by atoms with Crippen molar-refractivity contribution in [2.75, 3.05) is 19.6 Å². The van der Waals surface area contributed by atoms with Gasteiger partial charge in [-0.25, -0.2) is 0 Å². The Morgan fingerprint density at radius 1 is 1.10 bits per heavy atom. The third-order valence-corrected chi connectivity index (χ3v) is 4.71. The summed E-state index contributed by atoms with van der Waals surface area (Å²) >= 11 is 12.0. The first-order valence-corrected chi connectivity index (χ1v) is 8.37. The Kier molecular flexibility index (Phi) is 4.72. The Hall–Kier alpha value is -0.770. The molecule has 0 spiro atoms. The first-order valence-electron chi connectivity index (χ1n) is 7.61. The molecule has 3 rings (SSSR count). The predicted octanol–water partition coefficient (Wildman–Crippen LogP) is 3.60. The highest BCUT2D eigenvalue weighted by atomic mass is 35.5. The molecule has 1 saturated carbocycles. The number of nitrogens with zero attached hydrogens (tertiary/aromatic N) is 1. The molecular weight excluding hydrogens is 307 g/mol. The van der Waals surface area contributed by atoms with Gasteiger partial charge in [-0.05, 0) is 62.9 Å². The third kappa shape index (κ3) is 3.91. The maximum atomic E-state index is 12.8. The summed E-state index contributed by atoms with van der Waals surface area (Å²) in [6, 6.07) is 5.50. The van der Waals surface area contributed by atoms with Gasteiger partial charge in [0.1, 0.15) is 0 Å². The third-order valence-electron chi connectivity index (χ3n) is 4.27. The zero-order chi connectivity index (χ0) is 14.8. The lowest BCUT2D eigenvalue weighted by Crippen LogP contribution is -2.40. The summed E-state index contributed by atoms with van der Waals surface area (Å²) in [6.07, 6.45) is 4.52. The fourth-order valence-electron chi connectivity index (χ4n) is 2.97. The second-order valence-corrected chi connectivity index (χ2v) is 6.91. The molecule has 1 aliphatic heterocycles. The van der Waals surface area contributed by atoms with Crippen molar-refractivity contribution in [3.63, 3.8) is 0 Å². The van der Waals surface area contributed by atoms with Gasteiger partial charge in [-0.2, -0.15) is 0 Å². The fourth-order valence-corrected chi connectivity index (χ4v) is 3.50. The van der Waals surface area contributed by atoms with Crippen molar-refractivity contribution in [1.29, 1.82) is 0 Å². The average Bonchev–Trinajstić information content (AvgIpc) is 3.29. The van der Waals surface area contributed by atoms with Gasteiger partial charge in [0.25, 0.3) is 5.91 Å². The Morgan fingerprint density at radius 2 is 1.71 bits per heavy atom. The number of benzene rings is 1. The minimum atomic E-state index is 0.0698. The summed E-state index contributed by atoms with van der Waals surface area (Å²) < 4.78 is 0. The van der Waals surface area contributed by atoms with E-state index in [0.29, 0.717) is 27.6 Å². The van der Waals surface area contributed by atoms with E-state index in [1.165, 1.54) is 0 Å². The normalized spacial score (nSPS) is 19.5. The summed E-state index contributed by atoms with van der Waals surface area (Å²) in [7, 11) is 0. The largest absolute Gasteiger partial charge is 0.335 e. The van der Waals surface area contributed by atoms with E-state index in [9.17, 15) is 4.79 Å². The van der Waals surface area contributed by atoms with Crippen molar-refractivity contribution >= 4 is 29.1 Å². The summed E-state index contributed by atoms with van der Waals surface area (Å²) in [5.74, 6) is 0.672. The number of carbonyl (C=O) groups is 1. The number of carbonyl (C=O) groups excluding carboxylic acids is 1. The smallest absolute Gasteiger partial charge is 0.254 e. The monoisotopic (exact) mass is 326 g/mol. The lowest BCUT2D eigenvalue weighted by Gasteiger charge is -2.30. The van der Waals surface area contributed by atoms with E-state index in [4.69, 9.17) is 23.2 Å². The Morgan fingerprint density at radius 3 is 2.29 bits per heavy atom. The fraction of sp³-hybridized carbons (Fsp3) is 0.562. The quantitative estimate of drug-likeness (QED) is 0.916. The molecule has 5 heteroatoms. The van der Waals surface area contributed by atoms with E-state index >= 15 is 0 Å². The highest BCUT2D eigenvalue weighted by Gasteiger charge is 2.34. The summed E-state index contributed by atoms with van der Waals surface area (Å²) in [4.78, 5) is 14.8. The maximum Gasteiger partial charge on any atom is 0.254 e. The molecule has 114 valence electrons. The zero-order valence-electron chi connectivity index (χ0n) is 11.9. The van der Waals surface area contributed by atoms with Gasteiger partial charge in [0.15, 0.2) is 0 Å². The molecule has 1 aliphatic carbocycles. The van der Waals surface area contributed by atoms with Gasteiger partial charge in [0.2, 0.25) is 0 Å². The van der Waals surface area contributed by atoms with E-state index in [2.05, 4.69) is 5.32 Å². The molecule has 0 bridgehead atoms. The molecule has 1 heterocycles. The van der Waals surface area contributed by atoms with Crippen LogP contribution < -0.4 is 5.32 Å². The van der Waals surface area contributed by atoms with Crippen LogP contribution >= 0.6 is 23.2 Å². The molecule has 1 N–H and O–H groups in total. The molecule has 21 heavy (non-hydrogen) atoms. The molecule has 1 aromatic carbocycles. The molecule has 2 aliphatic rings. The predicted molar refractivity (Wildman–Crippen MR) is 86.1 cm³/mol. The van der Waals surface area contributed by atoms with Crippen LogP contribution in [0.25, 0.3) is 0 Å². The summed E-state index contributed by atoms with van der Waals surface area (Å²) in [5, 5.41) is 4.40. The molecule has 0 radical (unpaired) electrons. The maximum absolute atomic E-state index is 12.8. The van der Waals surface area contributed by atoms with Crippen LogP contribution in [0, 0.1) is 5.92 Å². The number of hydrogen-bond acceptors (Lipinski definition) is 2. The highest BCUT2D eigenvalue weighted by molar-refractivity contribution is 6.35. The van der Waals surface area contributed by atoms with Gasteiger partial charge in [-0.3, -0.25) is 4.79 Å². The van der Waals surface area contributed by atoms with Crippen molar-refractivity contribution in [3.05, 3.63) is 33.8 Å². The second kappa shape index (κ2) is 6.55. The number of rotatable bonds is 4. The van der Waals surface area contributed by atoms with Gasteiger partial charge < -0.3 is 10.2 Å². The molecular formula is C16H20Cl2N2O. The molecule has 1 amide bonds.